The van der Waals surface area contributed by atoms with Gasteiger partial charge in [0.2, 0.25) is 0 Å². The van der Waals surface area contributed by atoms with Crippen LogP contribution in [0, 0.1) is 11.8 Å². The molecule has 0 spiro atoms. The lowest BCUT2D eigenvalue weighted by atomic mass is 10.1. The molecule has 14 heavy (non-hydrogen) atoms. The molecule has 2 N–H and O–H groups in total. The molecule has 0 atom stereocenters. The van der Waals surface area contributed by atoms with Gasteiger partial charge in [0.05, 0.1) is 24.8 Å². The van der Waals surface area contributed by atoms with Gasteiger partial charge in [-0.3, -0.25) is 4.98 Å². The SMILES string of the molecule is COC(=O)c1ccncc1C#CCN. The minimum atomic E-state index is -0.422. The predicted molar refractivity (Wildman–Crippen MR) is 51.5 cm³/mol. The van der Waals surface area contributed by atoms with E-state index in [2.05, 4.69) is 21.6 Å². The number of hydrogen-bond donors (Lipinski definition) is 1. The topological polar surface area (TPSA) is 65.2 Å². The van der Waals surface area contributed by atoms with Crippen LogP contribution in [0.3, 0.4) is 0 Å². The highest BCUT2D eigenvalue weighted by atomic mass is 16.5. The summed E-state index contributed by atoms with van der Waals surface area (Å²) in [4.78, 5) is 15.1. The number of nitrogens with two attached hydrogens (primary N) is 1. The molecule has 0 aliphatic carbocycles. The number of methoxy groups -OCH3 is 1. The summed E-state index contributed by atoms with van der Waals surface area (Å²) in [6.07, 6.45) is 3.02. The van der Waals surface area contributed by atoms with Crippen LogP contribution < -0.4 is 5.73 Å². The van der Waals surface area contributed by atoms with Crippen LogP contribution in [0.5, 0.6) is 0 Å². The molecule has 0 bridgehead atoms. The summed E-state index contributed by atoms with van der Waals surface area (Å²) in [6, 6.07) is 1.56. The van der Waals surface area contributed by atoms with Gasteiger partial charge in [0.15, 0.2) is 0 Å². The smallest absolute Gasteiger partial charge is 0.339 e. The molecule has 0 fully saturated rings. The number of carbonyl (C=O) groups excluding carboxylic acids is 1. The van der Waals surface area contributed by atoms with E-state index in [0.717, 1.165) is 0 Å². The summed E-state index contributed by atoms with van der Waals surface area (Å²) in [7, 11) is 1.32. The van der Waals surface area contributed by atoms with E-state index in [0.29, 0.717) is 11.1 Å². The Labute approximate surface area is 82.1 Å². The maximum absolute atomic E-state index is 11.2. The van der Waals surface area contributed by atoms with Crippen molar-refractivity contribution in [2.75, 3.05) is 13.7 Å². The molecule has 0 aliphatic heterocycles. The number of nitrogens with zero attached hydrogens (tertiary/aromatic N) is 1. The largest absolute Gasteiger partial charge is 0.465 e. The molecule has 4 nitrogen and oxygen atoms in total. The molecule has 0 unspecified atom stereocenters. The molecule has 0 saturated carbocycles. The maximum atomic E-state index is 11.2. The number of rotatable bonds is 1. The zero-order valence-corrected chi connectivity index (χ0v) is 7.78. The fourth-order valence-electron chi connectivity index (χ4n) is 0.928. The van der Waals surface area contributed by atoms with Crippen molar-refractivity contribution < 1.29 is 9.53 Å². The Hall–Kier alpha value is -1.86. The van der Waals surface area contributed by atoms with Gasteiger partial charge in [0, 0.05) is 12.4 Å². The van der Waals surface area contributed by atoms with Crippen LogP contribution in [0.4, 0.5) is 0 Å². The van der Waals surface area contributed by atoms with E-state index in [1.807, 2.05) is 0 Å². The van der Waals surface area contributed by atoms with Crippen molar-refractivity contribution >= 4 is 5.97 Å². The van der Waals surface area contributed by atoms with Crippen LogP contribution in [0.1, 0.15) is 15.9 Å². The predicted octanol–water partition coefficient (Wildman–Crippen LogP) is 0.178. The fraction of sp³-hybridized carbons (Fsp3) is 0.200. The van der Waals surface area contributed by atoms with Gasteiger partial charge >= 0.3 is 5.97 Å². The van der Waals surface area contributed by atoms with Gasteiger partial charge in [-0.25, -0.2) is 4.79 Å². The van der Waals surface area contributed by atoms with Crippen LogP contribution in [0.25, 0.3) is 0 Å². The third-order valence-electron chi connectivity index (χ3n) is 1.55. The Morgan fingerprint density at radius 2 is 2.50 bits per heavy atom. The molecule has 0 radical (unpaired) electrons. The monoisotopic (exact) mass is 190 g/mol. The molecular weight excluding hydrogens is 180 g/mol. The summed E-state index contributed by atoms with van der Waals surface area (Å²) in [5.74, 6) is 4.98. The molecule has 1 rings (SSSR count). The minimum Gasteiger partial charge on any atom is -0.465 e. The molecule has 0 aliphatic rings. The number of esters is 1. The first-order chi connectivity index (χ1) is 6.79. The van der Waals surface area contributed by atoms with Gasteiger partial charge in [-0.2, -0.15) is 0 Å². The third kappa shape index (κ3) is 2.31. The molecule has 1 aromatic rings. The Kier molecular flexibility index (Phi) is 3.65. The van der Waals surface area contributed by atoms with E-state index in [1.165, 1.54) is 19.5 Å². The van der Waals surface area contributed by atoms with Gasteiger partial charge in [-0.15, -0.1) is 0 Å². The van der Waals surface area contributed by atoms with E-state index >= 15 is 0 Å². The summed E-state index contributed by atoms with van der Waals surface area (Å²) in [5, 5.41) is 0. The zero-order valence-electron chi connectivity index (χ0n) is 7.78. The van der Waals surface area contributed by atoms with Crippen molar-refractivity contribution in [3.8, 4) is 11.8 Å². The first-order valence-corrected chi connectivity index (χ1v) is 4.01. The lowest BCUT2D eigenvalue weighted by Gasteiger charge is -2.00. The summed E-state index contributed by atoms with van der Waals surface area (Å²) in [5.41, 5.74) is 6.16. The molecule has 1 aromatic heterocycles. The van der Waals surface area contributed by atoms with E-state index < -0.39 is 5.97 Å². The quantitative estimate of drug-likeness (QED) is 0.506. The van der Waals surface area contributed by atoms with Gasteiger partial charge in [0.1, 0.15) is 0 Å². The van der Waals surface area contributed by atoms with E-state index in [9.17, 15) is 4.79 Å². The van der Waals surface area contributed by atoms with Crippen molar-refractivity contribution in [1.82, 2.24) is 4.98 Å². The highest BCUT2D eigenvalue weighted by molar-refractivity contribution is 5.92. The van der Waals surface area contributed by atoms with Crippen molar-refractivity contribution in [1.29, 1.82) is 0 Å². The molecule has 1 heterocycles. The minimum absolute atomic E-state index is 0.246. The number of hydrogen-bond acceptors (Lipinski definition) is 4. The molecule has 0 aromatic carbocycles. The highest BCUT2D eigenvalue weighted by Crippen LogP contribution is 2.06. The second-order valence-corrected chi connectivity index (χ2v) is 2.42. The summed E-state index contributed by atoms with van der Waals surface area (Å²) in [6.45, 7) is 0.246. The molecule has 0 amide bonds. The Morgan fingerprint density at radius 1 is 1.71 bits per heavy atom. The van der Waals surface area contributed by atoms with Crippen LogP contribution in [0.15, 0.2) is 18.5 Å². The molecule has 72 valence electrons. The molecule has 4 heteroatoms. The summed E-state index contributed by atoms with van der Waals surface area (Å²) >= 11 is 0. The van der Waals surface area contributed by atoms with Gasteiger partial charge in [-0.1, -0.05) is 11.8 Å². The summed E-state index contributed by atoms with van der Waals surface area (Å²) < 4.78 is 4.59. The van der Waals surface area contributed by atoms with Crippen LogP contribution in [-0.4, -0.2) is 24.6 Å². The van der Waals surface area contributed by atoms with Crippen molar-refractivity contribution in [2.45, 2.75) is 0 Å². The Bertz CT molecular complexity index is 391. The van der Waals surface area contributed by atoms with E-state index in [1.54, 1.807) is 6.07 Å². The number of carbonyl (C=O) groups is 1. The van der Waals surface area contributed by atoms with Gasteiger partial charge in [0.25, 0.3) is 0 Å². The first kappa shape index (κ1) is 10.2. The van der Waals surface area contributed by atoms with Crippen molar-refractivity contribution in [2.24, 2.45) is 5.73 Å². The van der Waals surface area contributed by atoms with Crippen molar-refractivity contribution in [3.63, 3.8) is 0 Å². The van der Waals surface area contributed by atoms with Crippen molar-refractivity contribution in [3.05, 3.63) is 29.6 Å². The molecular formula is C10H10N2O2. The number of aromatic nitrogens is 1. The average molecular weight is 190 g/mol. The van der Waals surface area contributed by atoms with Crippen LogP contribution >= 0.6 is 0 Å². The second-order valence-electron chi connectivity index (χ2n) is 2.42. The standard InChI is InChI=1S/C10H10N2O2/c1-14-10(13)9-4-6-12-7-8(9)3-2-5-11/h4,6-7H,5,11H2,1H3. The van der Waals surface area contributed by atoms with Crippen LogP contribution in [-0.2, 0) is 4.74 Å². The number of ether oxygens (including phenoxy) is 1. The highest BCUT2D eigenvalue weighted by Gasteiger charge is 2.08. The Morgan fingerprint density at radius 3 is 3.14 bits per heavy atom. The zero-order chi connectivity index (χ0) is 10.4. The lowest BCUT2D eigenvalue weighted by Crippen LogP contribution is -2.04. The van der Waals surface area contributed by atoms with Crippen LogP contribution in [0.2, 0.25) is 0 Å². The fourth-order valence-corrected chi connectivity index (χ4v) is 0.928. The second kappa shape index (κ2) is 5.00. The van der Waals surface area contributed by atoms with E-state index in [-0.39, 0.29) is 6.54 Å². The van der Waals surface area contributed by atoms with Gasteiger partial charge in [-0.05, 0) is 6.07 Å². The molecule has 0 saturated heterocycles. The van der Waals surface area contributed by atoms with E-state index in [4.69, 9.17) is 5.73 Å². The normalized spacial score (nSPS) is 8.71. The number of pyridine rings is 1. The van der Waals surface area contributed by atoms with Gasteiger partial charge < -0.3 is 10.5 Å². The lowest BCUT2D eigenvalue weighted by molar-refractivity contribution is 0.0600. The third-order valence-corrected chi connectivity index (χ3v) is 1.55. The maximum Gasteiger partial charge on any atom is 0.339 e. The average Bonchev–Trinajstić information content (AvgIpc) is 2.25. The first-order valence-electron chi connectivity index (χ1n) is 4.01. The Balaban J connectivity index is 3.09.